The summed E-state index contributed by atoms with van der Waals surface area (Å²) in [6.45, 7) is 5.05. The van der Waals surface area contributed by atoms with E-state index in [2.05, 4.69) is 41.2 Å². The zero-order valence-electron chi connectivity index (χ0n) is 10.1. The fraction of sp³-hybridized carbons (Fsp3) is 0.385. The number of rotatable bonds is 3. The molecule has 0 unspecified atom stereocenters. The molecule has 92 valence electrons. The highest BCUT2D eigenvalue weighted by atomic mass is 79.9. The van der Waals surface area contributed by atoms with Gasteiger partial charge in [-0.05, 0) is 25.1 Å². The van der Waals surface area contributed by atoms with E-state index >= 15 is 0 Å². The first-order valence-electron chi connectivity index (χ1n) is 5.59. The molecule has 0 radical (unpaired) electrons. The van der Waals surface area contributed by atoms with Crippen molar-refractivity contribution >= 4 is 38.5 Å². The summed E-state index contributed by atoms with van der Waals surface area (Å²) in [5.74, 6) is 1.38. The third kappa shape index (κ3) is 2.37. The first-order chi connectivity index (χ1) is 8.04. The second kappa shape index (κ2) is 5.01. The highest BCUT2D eigenvalue weighted by Gasteiger charge is 2.18. The van der Waals surface area contributed by atoms with Crippen molar-refractivity contribution in [3.63, 3.8) is 0 Å². The summed E-state index contributed by atoms with van der Waals surface area (Å²) in [4.78, 5) is 0. The second-order valence-electron chi connectivity index (χ2n) is 4.39. The molecule has 17 heavy (non-hydrogen) atoms. The van der Waals surface area contributed by atoms with Gasteiger partial charge in [-0.2, -0.15) is 0 Å². The maximum atomic E-state index is 6.21. The Morgan fingerprint density at radius 2 is 2.12 bits per heavy atom. The summed E-state index contributed by atoms with van der Waals surface area (Å²) in [7, 11) is 1.91. The average molecular weight is 317 g/mol. The molecule has 2 rings (SSSR count). The molecule has 2 nitrogen and oxygen atoms in total. The third-order valence-electron chi connectivity index (χ3n) is 2.74. The smallest absolute Gasteiger partial charge is 0.153 e. The Labute approximate surface area is 114 Å². The highest BCUT2D eigenvalue weighted by Crippen LogP contribution is 2.37. The zero-order chi connectivity index (χ0) is 12.6. The lowest BCUT2D eigenvalue weighted by molar-refractivity contribution is 0.520. The molecule has 2 aromatic rings. The quantitative estimate of drug-likeness (QED) is 0.888. The predicted octanol–water partition coefficient (Wildman–Crippen LogP) is 4.69. The SMILES string of the molecule is CNCc1oc2c(Cl)cc(Br)cc2c1C(C)C. The third-order valence-corrected chi connectivity index (χ3v) is 3.48. The Kier molecular flexibility index (Phi) is 3.81. The Morgan fingerprint density at radius 1 is 1.41 bits per heavy atom. The van der Waals surface area contributed by atoms with Crippen molar-refractivity contribution in [1.29, 1.82) is 0 Å². The van der Waals surface area contributed by atoms with Crippen LogP contribution < -0.4 is 5.32 Å². The Balaban J connectivity index is 2.75. The van der Waals surface area contributed by atoms with Crippen molar-refractivity contribution in [3.05, 3.63) is 33.0 Å². The van der Waals surface area contributed by atoms with E-state index in [1.807, 2.05) is 13.1 Å². The predicted molar refractivity (Wildman–Crippen MR) is 75.8 cm³/mol. The second-order valence-corrected chi connectivity index (χ2v) is 5.71. The lowest BCUT2D eigenvalue weighted by Crippen LogP contribution is -2.06. The van der Waals surface area contributed by atoms with Gasteiger partial charge in [-0.15, -0.1) is 0 Å². The zero-order valence-corrected chi connectivity index (χ0v) is 12.4. The summed E-state index contributed by atoms with van der Waals surface area (Å²) in [5.41, 5.74) is 2.02. The van der Waals surface area contributed by atoms with Gasteiger partial charge in [0.1, 0.15) is 5.76 Å². The van der Waals surface area contributed by atoms with Crippen LogP contribution in [0.3, 0.4) is 0 Å². The van der Waals surface area contributed by atoms with Crippen molar-refractivity contribution in [2.75, 3.05) is 7.05 Å². The van der Waals surface area contributed by atoms with Crippen LogP contribution in [0.4, 0.5) is 0 Å². The van der Waals surface area contributed by atoms with E-state index < -0.39 is 0 Å². The van der Waals surface area contributed by atoms with Crippen LogP contribution in [0.2, 0.25) is 5.02 Å². The number of fused-ring (bicyclic) bond motifs is 1. The molecule has 0 bridgehead atoms. The van der Waals surface area contributed by atoms with Crippen LogP contribution in [-0.2, 0) is 6.54 Å². The van der Waals surface area contributed by atoms with Crippen LogP contribution in [0.1, 0.15) is 31.1 Å². The molecule has 1 aromatic carbocycles. The lowest BCUT2D eigenvalue weighted by atomic mass is 9.99. The molecule has 0 fully saturated rings. The lowest BCUT2D eigenvalue weighted by Gasteiger charge is -2.06. The van der Waals surface area contributed by atoms with Crippen molar-refractivity contribution in [2.24, 2.45) is 0 Å². The molecule has 0 aliphatic rings. The summed E-state index contributed by atoms with van der Waals surface area (Å²) < 4.78 is 6.85. The normalized spacial score (nSPS) is 11.6. The van der Waals surface area contributed by atoms with E-state index in [0.29, 0.717) is 10.9 Å². The largest absolute Gasteiger partial charge is 0.458 e. The summed E-state index contributed by atoms with van der Waals surface area (Å²) >= 11 is 9.68. The van der Waals surface area contributed by atoms with Crippen LogP contribution in [-0.4, -0.2) is 7.05 Å². The van der Waals surface area contributed by atoms with E-state index in [1.54, 1.807) is 0 Å². The van der Waals surface area contributed by atoms with Crippen LogP contribution in [0.15, 0.2) is 21.0 Å². The van der Waals surface area contributed by atoms with Gasteiger partial charge in [0.2, 0.25) is 0 Å². The van der Waals surface area contributed by atoms with Crippen molar-refractivity contribution < 1.29 is 4.42 Å². The molecular weight excluding hydrogens is 302 g/mol. The van der Waals surface area contributed by atoms with Crippen LogP contribution >= 0.6 is 27.5 Å². The van der Waals surface area contributed by atoms with Crippen molar-refractivity contribution in [1.82, 2.24) is 5.32 Å². The van der Waals surface area contributed by atoms with Gasteiger partial charge >= 0.3 is 0 Å². The molecular formula is C13H15BrClNO. The maximum Gasteiger partial charge on any atom is 0.153 e. The van der Waals surface area contributed by atoms with E-state index in [0.717, 1.165) is 27.7 Å². The van der Waals surface area contributed by atoms with Crippen LogP contribution in [0.5, 0.6) is 0 Å². The molecule has 0 saturated heterocycles. The first-order valence-corrected chi connectivity index (χ1v) is 6.76. The monoisotopic (exact) mass is 315 g/mol. The minimum Gasteiger partial charge on any atom is -0.458 e. The number of benzene rings is 1. The van der Waals surface area contributed by atoms with E-state index in [1.165, 1.54) is 5.56 Å². The maximum absolute atomic E-state index is 6.21. The van der Waals surface area contributed by atoms with Gasteiger partial charge < -0.3 is 9.73 Å². The Bertz CT molecular complexity index is 548. The molecule has 1 N–H and O–H groups in total. The molecule has 0 amide bonds. The summed E-state index contributed by atoms with van der Waals surface area (Å²) in [6.07, 6.45) is 0. The minimum atomic E-state index is 0.407. The molecule has 0 aliphatic heterocycles. The summed E-state index contributed by atoms with van der Waals surface area (Å²) in [5, 5.41) is 4.88. The van der Waals surface area contributed by atoms with Crippen molar-refractivity contribution in [3.8, 4) is 0 Å². The van der Waals surface area contributed by atoms with Crippen molar-refractivity contribution in [2.45, 2.75) is 26.3 Å². The standard InChI is InChI=1S/C13H15BrClNO/c1-7(2)12-9-4-8(14)5-10(15)13(9)17-11(12)6-16-3/h4-5,7,16H,6H2,1-3H3. The molecule has 1 heterocycles. The molecule has 0 saturated carbocycles. The Morgan fingerprint density at radius 3 is 2.71 bits per heavy atom. The molecule has 1 aromatic heterocycles. The fourth-order valence-corrected chi connectivity index (χ4v) is 2.96. The van der Waals surface area contributed by atoms with E-state index in [9.17, 15) is 0 Å². The minimum absolute atomic E-state index is 0.407. The number of furan rings is 1. The van der Waals surface area contributed by atoms with Gasteiger partial charge in [-0.25, -0.2) is 0 Å². The molecule has 0 spiro atoms. The molecule has 4 heteroatoms. The van der Waals surface area contributed by atoms with Gasteiger partial charge in [-0.3, -0.25) is 0 Å². The van der Waals surface area contributed by atoms with E-state index in [4.69, 9.17) is 16.0 Å². The first kappa shape index (κ1) is 12.9. The Hall–Kier alpha value is -0.510. The number of halogens is 2. The van der Waals surface area contributed by atoms with E-state index in [-0.39, 0.29) is 0 Å². The average Bonchev–Trinajstić information content (AvgIpc) is 2.57. The number of hydrogen-bond acceptors (Lipinski definition) is 2. The fourth-order valence-electron chi connectivity index (χ4n) is 2.12. The van der Waals surface area contributed by atoms with Gasteiger partial charge in [0.15, 0.2) is 5.58 Å². The number of hydrogen-bond donors (Lipinski definition) is 1. The highest BCUT2D eigenvalue weighted by molar-refractivity contribution is 9.10. The van der Waals surface area contributed by atoms with Crippen LogP contribution in [0, 0.1) is 0 Å². The van der Waals surface area contributed by atoms with Gasteiger partial charge in [0, 0.05) is 15.4 Å². The van der Waals surface area contributed by atoms with Gasteiger partial charge in [0.25, 0.3) is 0 Å². The molecule has 0 atom stereocenters. The van der Waals surface area contributed by atoms with Crippen LogP contribution in [0.25, 0.3) is 11.0 Å². The molecule has 0 aliphatic carbocycles. The van der Waals surface area contributed by atoms with Gasteiger partial charge in [0.05, 0.1) is 11.6 Å². The summed E-state index contributed by atoms with van der Waals surface area (Å²) in [6, 6.07) is 3.93. The van der Waals surface area contributed by atoms with Gasteiger partial charge in [-0.1, -0.05) is 41.4 Å². The topological polar surface area (TPSA) is 25.2 Å². The number of nitrogens with one attached hydrogen (secondary N) is 1.